The molecule has 0 bridgehead atoms. The van der Waals surface area contributed by atoms with E-state index in [0.29, 0.717) is 5.76 Å². The van der Waals surface area contributed by atoms with Crippen molar-refractivity contribution >= 4 is 13.3 Å². The van der Waals surface area contributed by atoms with Crippen molar-refractivity contribution in [1.82, 2.24) is 5.23 Å². The standard InChI is InChI=1S/C6H7BNO2/c1-7-8-6(9)5-3-2-4-10-5/h2-4H,1H3,(H,8,9). The molecule has 0 saturated carbocycles. The summed E-state index contributed by atoms with van der Waals surface area (Å²) in [6.45, 7) is 1.74. The van der Waals surface area contributed by atoms with Crippen molar-refractivity contribution in [3.8, 4) is 0 Å². The van der Waals surface area contributed by atoms with E-state index in [2.05, 4.69) is 5.23 Å². The molecule has 1 N–H and O–H groups in total. The molecule has 0 unspecified atom stereocenters. The number of nitrogens with one attached hydrogen (secondary N) is 1. The van der Waals surface area contributed by atoms with Crippen molar-refractivity contribution in [2.75, 3.05) is 0 Å². The number of carbonyl (C=O) groups excluding carboxylic acids is 1. The Labute approximate surface area is 59.7 Å². The molecule has 4 heteroatoms. The summed E-state index contributed by atoms with van der Waals surface area (Å²) in [5, 5.41) is 2.49. The Hall–Kier alpha value is -1.19. The van der Waals surface area contributed by atoms with E-state index in [0.717, 1.165) is 0 Å². The van der Waals surface area contributed by atoms with Crippen molar-refractivity contribution in [2.45, 2.75) is 6.82 Å². The van der Waals surface area contributed by atoms with E-state index >= 15 is 0 Å². The first-order valence-corrected chi connectivity index (χ1v) is 2.97. The van der Waals surface area contributed by atoms with Gasteiger partial charge in [-0.2, -0.15) is 0 Å². The fraction of sp³-hybridized carbons (Fsp3) is 0.167. The first-order valence-electron chi connectivity index (χ1n) is 2.97. The molecule has 1 aromatic rings. The van der Waals surface area contributed by atoms with Gasteiger partial charge in [0.15, 0.2) is 5.76 Å². The lowest BCUT2D eigenvalue weighted by Gasteiger charge is -1.94. The molecule has 0 aromatic carbocycles. The summed E-state index contributed by atoms with van der Waals surface area (Å²) >= 11 is 0. The van der Waals surface area contributed by atoms with Crippen LogP contribution in [-0.4, -0.2) is 13.3 Å². The fourth-order valence-corrected chi connectivity index (χ4v) is 0.610. The highest BCUT2D eigenvalue weighted by atomic mass is 16.3. The van der Waals surface area contributed by atoms with Gasteiger partial charge in [-0.15, -0.1) is 0 Å². The van der Waals surface area contributed by atoms with E-state index in [9.17, 15) is 4.79 Å². The van der Waals surface area contributed by atoms with Gasteiger partial charge in [0.2, 0.25) is 7.41 Å². The molecule has 3 nitrogen and oxygen atoms in total. The number of amides is 1. The van der Waals surface area contributed by atoms with Crippen LogP contribution in [0.2, 0.25) is 6.82 Å². The molecule has 1 radical (unpaired) electrons. The first kappa shape index (κ1) is 6.93. The molecule has 51 valence electrons. The Kier molecular flexibility index (Phi) is 2.15. The summed E-state index contributed by atoms with van der Waals surface area (Å²) in [6, 6.07) is 3.28. The molecule has 1 heterocycles. The first-order chi connectivity index (χ1) is 4.84. The quantitative estimate of drug-likeness (QED) is 0.607. The van der Waals surface area contributed by atoms with Gasteiger partial charge in [0.25, 0.3) is 5.91 Å². The third kappa shape index (κ3) is 1.40. The smallest absolute Gasteiger partial charge is 0.274 e. The van der Waals surface area contributed by atoms with Crippen LogP contribution in [-0.2, 0) is 0 Å². The van der Waals surface area contributed by atoms with Crippen LogP contribution in [0.1, 0.15) is 10.6 Å². The van der Waals surface area contributed by atoms with Crippen LogP contribution in [0.25, 0.3) is 0 Å². The van der Waals surface area contributed by atoms with Gasteiger partial charge < -0.3 is 9.64 Å². The molecule has 0 saturated heterocycles. The van der Waals surface area contributed by atoms with E-state index in [1.54, 1.807) is 26.4 Å². The van der Waals surface area contributed by atoms with Gasteiger partial charge in [-0.25, -0.2) is 0 Å². The monoisotopic (exact) mass is 136 g/mol. The van der Waals surface area contributed by atoms with E-state index in [-0.39, 0.29) is 5.91 Å². The minimum absolute atomic E-state index is 0.215. The Balaban J connectivity index is 2.59. The molecular formula is C6H7BNO2. The zero-order valence-electron chi connectivity index (χ0n) is 5.63. The lowest BCUT2D eigenvalue weighted by atomic mass is 10.0. The summed E-state index contributed by atoms with van der Waals surface area (Å²) in [6.07, 6.45) is 1.46. The van der Waals surface area contributed by atoms with Crippen molar-refractivity contribution < 1.29 is 9.21 Å². The van der Waals surface area contributed by atoms with Crippen LogP contribution in [0, 0.1) is 0 Å². The molecule has 10 heavy (non-hydrogen) atoms. The Morgan fingerprint density at radius 2 is 2.60 bits per heavy atom. The van der Waals surface area contributed by atoms with Crippen LogP contribution in [0.5, 0.6) is 0 Å². The highest BCUT2D eigenvalue weighted by Gasteiger charge is 2.04. The van der Waals surface area contributed by atoms with E-state index in [1.165, 1.54) is 6.26 Å². The Morgan fingerprint density at radius 1 is 1.80 bits per heavy atom. The van der Waals surface area contributed by atoms with Gasteiger partial charge >= 0.3 is 0 Å². The molecule has 1 aromatic heterocycles. The zero-order chi connectivity index (χ0) is 7.40. The summed E-state index contributed by atoms with van der Waals surface area (Å²) < 4.78 is 4.82. The maximum Gasteiger partial charge on any atom is 0.274 e. The van der Waals surface area contributed by atoms with E-state index in [4.69, 9.17) is 4.42 Å². The third-order valence-corrected chi connectivity index (χ3v) is 1.02. The normalized spacial score (nSPS) is 8.90. The number of hydrogen-bond donors (Lipinski definition) is 1. The summed E-state index contributed by atoms with van der Waals surface area (Å²) in [4.78, 5) is 10.9. The predicted molar refractivity (Wildman–Crippen MR) is 37.8 cm³/mol. The molecule has 0 aliphatic carbocycles. The molecule has 0 spiro atoms. The second-order valence-electron chi connectivity index (χ2n) is 1.74. The average Bonchev–Trinajstić information content (AvgIpc) is 2.38. The molecule has 0 fully saturated rings. The average molecular weight is 136 g/mol. The number of carbonyl (C=O) groups is 1. The van der Waals surface area contributed by atoms with Crippen molar-refractivity contribution in [3.05, 3.63) is 24.2 Å². The second-order valence-corrected chi connectivity index (χ2v) is 1.74. The summed E-state index contributed by atoms with van der Waals surface area (Å²) in [5.41, 5.74) is 0. The van der Waals surface area contributed by atoms with Crippen LogP contribution in [0.4, 0.5) is 0 Å². The minimum Gasteiger partial charge on any atom is -0.459 e. The Morgan fingerprint density at radius 3 is 3.10 bits per heavy atom. The molecule has 0 aliphatic rings. The second kappa shape index (κ2) is 3.10. The lowest BCUT2D eigenvalue weighted by molar-refractivity contribution is 0.0953. The van der Waals surface area contributed by atoms with Crippen LogP contribution < -0.4 is 5.23 Å². The maximum atomic E-state index is 10.9. The SMILES string of the molecule is C[B]NC(=O)c1ccco1. The van der Waals surface area contributed by atoms with Crippen LogP contribution in [0.15, 0.2) is 22.8 Å². The van der Waals surface area contributed by atoms with Crippen LogP contribution in [0.3, 0.4) is 0 Å². The largest absolute Gasteiger partial charge is 0.459 e. The number of furan rings is 1. The van der Waals surface area contributed by atoms with Crippen molar-refractivity contribution in [3.63, 3.8) is 0 Å². The van der Waals surface area contributed by atoms with Crippen molar-refractivity contribution in [2.24, 2.45) is 0 Å². The number of hydrogen-bond acceptors (Lipinski definition) is 2. The van der Waals surface area contributed by atoms with Crippen molar-refractivity contribution in [1.29, 1.82) is 0 Å². The van der Waals surface area contributed by atoms with Gasteiger partial charge in [-0.3, -0.25) is 4.79 Å². The highest BCUT2D eigenvalue weighted by Crippen LogP contribution is 1.97. The predicted octanol–water partition coefficient (Wildman–Crippen LogP) is 0.677. The molecule has 0 atom stereocenters. The van der Waals surface area contributed by atoms with Gasteiger partial charge in [-0.1, -0.05) is 6.82 Å². The summed E-state index contributed by atoms with van der Waals surface area (Å²) in [5.74, 6) is 0.116. The summed E-state index contributed by atoms with van der Waals surface area (Å²) in [7, 11) is 1.56. The van der Waals surface area contributed by atoms with E-state index in [1.807, 2.05) is 0 Å². The molecule has 1 rings (SSSR count). The number of rotatable bonds is 2. The maximum absolute atomic E-state index is 10.9. The fourth-order valence-electron chi connectivity index (χ4n) is 0.610. The topological polar surface area (TPSA) is 42.2 Å². The highest BCUT2D eigenvalue weighted by molar-refractivity contribution is 6.36. The minimum atomic E-state index is -0.215. The van der Waals surface area contributed by atoms with Gasteiger partial charge in [0.1, 0.15) is 0 Å². The Bertz CT molecular complexity index is 208. The van der Waals surface area contributed by atoms with Gasteiger partial charge in [0.05, 0.1) is 6.26 Å². The molecule has 1 amide bonds. The molecule has 0 aliphatic heterocycles. The van der Waals surface area contributed by atoms with Gasteiger partial charge in [0, 0.05) is 0 Å². The van der Waals surface area contributed by atoms with Gasteiger partial charge in [-0.05, 0) is 12.1 Å². The lowest BCUT2D eigenvalue weighted by Crippen LogP contribution is -2.24. The zero-order valence-corrected chi connectivity index (χ0v) is 5.63. The van der Waals surface area contributed by atoms with Crippen LogP contribution >= 0.6 is 0 Å². The molecular weight excluding hydrogens is 129 g/mol. The van der Waals surface area contributed by atoms with E-state index < -0.39 is 0 Å². The third-order valence-electron chi connectivity index (χ3n) is 1.02.